The fourth-order valence-corrected chi connectivity index (χ4v) is 2.58. The zero-order chi connectivity index (χ0) is 13.9. The van der Waals surface area contributed by atoms with Crippen molar-refractivity contribution >= 4 is 23.5 Å². The topological polar surface area (TPSA) is 0 Å². The summed E-state index contributed by atoms with van der Waals surface area (Å²) < 4.78 is 13.3. The normalized spacial score (nSPS) is 10.7. The summed E-state index contributed by atoms with van der Waals surface area (Å²) in [5.41, 5.74) is 3.55. The van der Waals surface area contributed by atoms with Gasteiger partial charge in [0.05, 0.1) is 0 Å². The molecule has 2 heteroatoms. The predicted octanol–water partition coefficient (Wildman–Crippen LogP) is 3.55. The maximum atomic E-state index is 13.3. The van der Waals surface area contributed by atoms with Gasteiger partial charge in [0.15, 0.2) is 7.28 Å². The van der Waals surface area contributed by atoms with Crippen LogP contribution in [0.2, 0.25) is 0 Å². The first kappa shape index (κ1) is 12.9. The highest BCUT2D eigenvalue weighted by molar-refractivity contribution is 6.53. The van der Waals surface area contributed by atoms with Crippen molar-refractivity contribution in [3.63, 3.8) is 0 Å². The maximum Gasteiger partial charge on any atom is 0.162 e. The highest BCUT2D eigenvalue weighted by atomic mass is 19.1. The van der Waals surface area contributed by atoms with Crippen LogP contribution < -0.4 is 5.46 Å². The summed E-state index contributed by atoms with van der Waals surface area (Å²) >= 11 is 0. The minimum absolute atomic E-state index is 0.149. The SMILES string of the molecule is Cc1ccc(F)cc1BCc1ccc2ccccc2c1. The second-order valence-electron chi connectivity index (χ2n) is 5.25. The quantitative estimate of drug-likeness (QED) is 0.633. The fraction of sp³-hybridized carbons (Fsp3) is 0.111. The molecule has 0 spiro atoms. The van der Waals surface area contributed by atoms with Gasteiger partial charge in [-0.15, -0.1) is 0 Å². The first-order chi connectivity index (χ1) is 9.72. The molecular formula is C18H16BF. The van der Waals surface area contributed by atoms with Crippen LogP contribution in [-0.4, -0.2) is 7.28 Å². The minimum Gasteiger partial charge on any atom is -0.207 e. The lowest BCUT2D eigenvalue weighted by atomic mass is 9.64. The Morgan fingerprint density at radius 1 is 0.900 bits per heavy atom. The monoisotopic (exact) mass is 262 g/mol. The van der Waals surface area contributed by atoms with E-state index < -0.39 is 0 Å². The third-order valence-electron chi connectivity index (χ3n) is 3.81. The third kappa shape index (κ3) is 2.74. The fourth-order valence-electron chi connectivity index (χ4n) is 2.58. The molecule has 0 unspecified atom stereocenters. The number of rotatable bonds is 3. The molecule has 98 valence electrons. The van der Waals surface area contributed by atoms with Crippen LogP contribution in [-0.2, 0) is 6.32 Å². The van der Waals surface area contributed by atoms with Gasteiger partial charge in [-0.25, -0.2) is 4.39 Å². The Balaban J connectivity index is 1.81. The van der Waals surface area contributed by atoms with E-state index in [1.807, 2.05) is 13.0 Å². The van der Waals surface area contributed by atoms with Crippen LogP contribution in [0.5, 0.6) is 0 Å². The molecule has 0 heterocycles. The van der Waals surface area contributed by atoms with Crippen LogP contribution in [0.3, 0.4) is 0 Å². The number of fused-ring (bicyclic) bond motifs is 1. The molecule has 3 aromatic carbocycles. The summed E-state index contributed by atoms with van der Waals surface area (Å²) in [6.45, 7) is 2.04. The number of aryl methyl sites for hydroxylation is 1. The molecule has 0 bridgehead atoms. The molecule has 0 radical (unpaired) electrons. The molecule has 0 fully saturated rings. The first-order valence-electron chi connectivity index (χ1n) is 6.95. The molecule has 3 aromatic rings. The molecule has 0 N–H and O–H groups in total. The van der Waals surface area contributed by atoms with Crippen molar-refractivity contribution in [1.82, 2.24) is 0 Å². The second-order valence-corrected chi connectivity index (χ2v) is 5.25. The van der Waals surface area contributed by atoms with Crippen LogP contribution in [0.4, 0.5) is 4.39 Å². The van der Waals surface area contributed by atoms with Crippen LogP contribution in [0, 0.1) is 12.7 Å². The summed E-state index contributed by atoms with van der Waals surface area (Å²) in [5, 5.41) is 2.53. The number of hydrogen-bond donors (Lipinski definition) is 0. The molecule has 20 heavy (non-hydrogen) atoms. The van der Waals surface area contributed by atoms with Gasteiger partial charge in [0.2, 0.25) is 0 Å². The molecule has 0 atom stereocenters. The summed E-state index contributed by atoms with van der Waals surface area (Å²) in [7, 11) is 0.877. The molecule has 0 saturated heterocycles. The highest BCUT2D eigenvalue weighted by Gasteiger charge is 2.04. The van der Waals surface area contributed by atoms with E-state index >= 15 is 0 Å². The van der Waals surface area contributed by atoms with Crippen molar-refractivity contribution in [3.8, 4) is 0 Å². The van der Waals surface area contributed by atoms with E-state index in [0.717, 1.165) is 24.6 Å². The van der Waals surface area contributed by atoms with Crippen molar-refractivity contribution < 1.29 is 4.39 Å². The van der Waals surface area contributed by atoms with Gasteiger partial charge in [0.25, 0.3) is 0 Å². The molecule has 0 nitrogen and oxygen atoms in total. The Labute approximate surface area is 119 Å². The molecule has 3 rings (SSSR count). The summed E-state index contributed by atoms with van der Waals surface area (Å²) in [6, 6.07) is 19.9. The van der Waals surface area contributed by atoms with E-state index in [1.54, 1.807) is 6.07 Å². The van der Waals surface area contributed by atoms with Gasteiger partial charge in [0, 0.05) is 0 Å². The first-order valence-corrected chi connectivity index (χ1v) is 6.95. The Hall–Kier alpha value is -2.09. The second kappa shape index (κ2) is 5.50. The Morgan fingerprint density at radius 2 is 1.70 bits per heavy atom. The van der Waals surface area contributed by atoms with Gasteiger partial charge in [0.1, 0.15) is 5.82 Å². The number of hydrogen-bond acceptors (Lipinski definition) is 0. The van der Waals surface area contributed by atoms with Crippen LogP contribution >= 0.6 is 0 Å². The largest absolute Gasteiger partial charge is 0.207 e. The van der Waals surface area contributed by atoms with Crippen molar-refractivity contribution in [3.05, 3.63) is 77.6 Å². The number of benzene rings is 3. The maximum absolute atomic E-state index is 13.3. The lowest BCUT2D eigenvalue weighted by Gasteiger charge is -2.06. The molecular weight excluding hydrogens is 246 g/mol. The van der Waals surface area contributed by atoms with Crippen molar-refractivity contribution in [1.29, 1.82) is 0 Å². The molecule has 0 aromatic heterocycles. The summed E-state index contributed by atoms with van der Waals surface area (Å²) in [5.74, 6) is -0.149. The van der Waals surface area contributed by atoms with E-state index in [9.17, 15) is 4.39 Å². The van der Waals surface area contributed by atoms with E-state index in [4.69, 9.17) is 0 Å². The lowest BCUT2D eigenvalue weighted by molar-refractivity contribution is 0.628. The standard InChI is InChI=1S/C18H16BF/c1-13-6-9-17(20)11-18(13)19-12-14-7-8-15-4-2-3-5-16(15)10-14/h2-11,19H,12H2,1H3. The van der Waals surface area contributed by atoms with Gasteiger partial charge in [-0.1, -0.05) is 65.1 Å². The Kier molecular flexibility index (Phi) is 3.55. The van der Waals surface area contributed by atoms with Crippen LogP contribution in [0.25, 0.3) is 10.8 Å². The van der Waals surface area contributed by atoms with Crippen molar-refractivity contribution in [2.45, 2.75) is 13.2 Å². The predicted molar refractivity (Wildman–Crippen MR) is 85.6 cm³/mol. The van der Waals surface area contributed by atoms with Gasteiger partial charge in [-0.05, 0) is 36.1 Å². The molecule has 0 aliphatic heterocycles. The smallest absolute Gasteiger partial charge is 0.162 e. The van der Waals surface area contributed by atoms with Crippen LogP contribution in [0.15, 0.2) is 60.7 Å². The molecule has 0 saturated carbocycles. The summed E-state index contributed by atoms with van der Waals surface area (Å²) in [6.07, 6.45) is 0.940. The van der Waals surface area contributed by atoms with E-state index in [0.29, 0.717) is 0 Å². The van der Waals surface area contributed by atoms with E-state index in [1.165, 1.54) is 22.4 Å². The van der Waals surface area contributed by atoms with Crippen molar-refractivity contribution in [2.75, 3.05) is 0 Å². The highest BCUT2D eigenvalue weighted by Crippen LogP contribution is 2.15. The zero-order valence-corrected chi connectivity index (χ0v) is 11.6. The van der Waals surface area contributed by atoms with Crippen molar-refractivity contribution in [2.24, 2.45) is 0 Å². The van der Waals surface area contributed by atoms with Gasteiger partial charge < -0.3 is 0 Å². The molecule has 0 aliphatic rings. The molecule has 0 aliphatic carbocycles. The average molecular weight is 262 g/mol. The average Bonchev–Trinajstić information content (AvgIpc) is 2.48. The van der Waals surface area contributed by atoms with E-state index in [2.05, 4.69) is 42.5 Å². The zero-order valence-electron chi connectivity index (χ0n) is 11.6. The Bertz CT molecular complexity index is 749. The van der Waals surface area contributed by atoms with Gasteiger partial charge in [-0.2, -0.15) is 0 Å². The van der Waals surface area contributed by atoms with Crippen LogP contribution in [0.1, 0.15) is 11.1 Å². The summed E-state index contributed by atoms with van der Waals surface area (Å²) in [4.78, 5) is 0. The Morgan fingerprint density at radius 3 is 2.55 bits per heavy atom. The van der Waals surface area contributed by atoms with Gasteiger partial charge >= 0.3 is 0 Å². The molecule has 0 amide bonds. The number of halogens is 1. The van der Waals surface area contributed by atoms with E-state index in [-0.39, 0.29) is 5.82 Å². The lowest BCUT2D eigenvalue weighted by Crippen LogP contribution is -2.20. The third-order valence-corrected chi connectivity index (χ3v) is 3.81. The van der Waals surface area contributed by atoms with Gasteiger partial charge in [-0.3, -0.25) is 0 Å². The minimum atomic E-state index is -0.149.